The lowest BCUT2D eigenvalue weighted by atomic mass is 10.1. The normalized spacial score (nSPS) is 12.0. The van der Waals surface area contributed by atoms with Crippen LogP contribution in [0.3, 0.4) is 0 Å². The van der Waals surface area contributed by atoms with Crippen molar-refractivity contribution in [3.63, 3.8) is 0 Å². The average Bonchev–Trinajstić information content (AvgIpc) is 2.01. The van der Waals surface area contributed by atoms with Gasteiger partial charge in [-0.25, -0.2) is 8.42 Å². The summed E-state index contributed by atoms with van der Waals surface area (Å²) < 4.78 is 57.1. The quantitative estimate of drug-likeness (QED) is 0.777. The molecule has 0 unspecified atom stereocenters. The molecule has 0 amide bonds. The third-order valence-corrected chi connectivity index (χ3v) is 2.41. The molecule has 6 heteroatoms. The fourth-order valence-corrected chi connectivity index (χ4v) is 1.65. The predicted molar refractivity (Wildman–Crippen MR) is 44.8 cm³/mol. The first kappa shape index (κ1) is 11.0. The third-order valence-electron chi connectivity index (χ3n) is 1.58. The predicted octanol–water partition coefficient (Wildman–Crippen LogP) is 1.76. The maximum Gasteiger partial charge on any atom is 0.393 e. The molecule has 2 nitrogen and oxygen atoms in total. The summed E-state index contributed by atoms with van der Waals surface area (Å²) in [5, 5.41) is 0. The number of hydrogen-bond acceptors (Lipinski definition) is 2. The third kappa shape index (κ3) is 3.02. The first-order valence-corrected chi connectivity index (χ1v) is 4.87. The Morgan fingerprint density at radius 2 is 1.71 bits per heavy atom. The number of thiol groups is 1. The largest absolute Gasteiger partial charge is 0.393 e. The molecule has 1 aromatic rings. The number of hydrogen-bond donors (Lipinski definition) is 1. The van der Waals surface area contributed by atoms with Crippen LogP contribution in [0.4, 0.5) is 13.2 Å². The van der Waals surface area contributed by atoms with Gasteiger partial charge in [-0.15, -0.1) is 0 Å². The van der Waals surface area contributed by atoms with Crippen molar-refractivity contribution in [1.29, 1.82) is 0 Å². The maximum absolute atomic E-state index is 12.0. The monoisotopic (exact) mass is 224 g/mol. The molecule has 0 aromatic heterocycles. The van der Waals surface area contributed by atoms with Gasteiger partial charge in [0.2, 0.25) is 0 Å². The van der Waals surface area contributed by atoms with Crippen LogP contribution in [0.1, 0.15) is 5.56 Å². The van der Waals surface area contributed by atoms with Crippen LogP contribution in [0.15, 0.2) is 29.2 Å². The second-order valence-corrected chi connectivity index (χ2v) is 3.67. The highest BCUT2D eigenvalue weighted by Gasteiger charge is 2.28. The minimum Gasteiger partial charge on any atom is -0.227 e. The number of halogens is 3. The SMILES string of the molecule is O=[SH](=O)c1ccccc1CC(F)(F)F. The van der Waals surface area contributed by atoms with Crippen LogP contribution in [0.5, 0.6) is 0 Å². The van der Waals surface area contributed by atoms with Gasteiger partial charge in [0.25, 0.3) is 0 Å². The van der Waals surface area contributed by atoms with E-state index in [2.05, 4.69) is 0 Å². The van der Waals surface area contributed by atoms with Gasteiger partial charge < -0.3 is 0 Å². The topological polar surface area (TPSA) is 34.1 Å². The molecule has 0 aliphatic carbocycles. The van der Waals surface area contributed by atoms with E-state index in [0.29, 0.717) is 0 Å². The van der Waals surface area contributed by atoms with Crippen molar-refractivity contribution in [3.05, 3.63) is 29.8 Å². The van der Waals surface area contributed by atoms with Gasteiger partial charge >= 0.3 is 6.18 Å². The van der Waals surface area contributed by atoms with Crippen molar-refractivity contribution in [2.24, 2.45) is 0 Å². The van der Waals surface area contributed by atoms with Crippen LogP contribution in [0.2, 0.25) is 0 Å². The van der Waals surface area contributed by atoms with Crippen LogP contribution in [-0.4, -0.2) is 14.6 Å². The van der Waals surface area contributed by atoms with E-state index in [1.165, 1.54) is 12.1 Å². The van der Waals surface area contributed by atoms with Crippen LogP contribution in [0.25, 0.3) is 0 Å². The molecule has 14 heavy (non-hydrogen) atoms. The first-order valence-electron chi connectivity index (χ1n) is 3.69. The molecule has 0 fully saturated rings. The Labute approximate surface area is 80.3 Å². The molecule has 0 bridgehead atoms. The molecule has 0 atom stereocenters. The highest BCUT2D eigenvalue weighted by Crippen LogP contribution is 2.23. The molecule has 0 saturated carbocycles. The van der Waals surface area contributed by atoms with E-state index in [1.54, 1.807) is 0 Å². The van der Waals surface area contributed by atoms with E-state index < -0.39 is 23.3 Å². The van der Waals surface area contributed by atoms with Crippen LogP contribution < -0.4 is 0 Å². The standard InChI is InChI=1S/C8H7F3O2S/c9-8(10,11)5-6-3-1-2-4-7(6)14(12)13/h1-4,14H,5H2. The molecule has 0 saturated heterocycles. The minimum atomic E-state index is -4.39. The first-order chi connectivity index (χ1) is 6.40. The molecular weight excluding hydrogens is 217 g/mol. The van der Waals surface area contributed by atoms with E-state index in [0.717, 1.165) is 12.1 Å². The van der Waals surface area contributed by atoms with Crippen LogP contribution >= 0.6 is 0 Å². The fraction of sp³-hybridized carbons (Fsp3) is 0.250. The molecule has 0 aliphatic rings. The molecule has 0 heterocycles. The summed E-state index contributed by atoms with van der Waals surface area (Å²) in [6.45, 7) is 0. The van der Waals surface area contributed by atoms with Crippen LogP contribution in [0, 0.1) is 0 Å². The molecular formula is C8H7F3O2S. The van der Waals surface area contributed by atoms with Crippen molar-refractivity contribution in [1.82, 2.24) is 0 Å². The average molecular weight is 224 g/mol. The number of benzene rings is 1. The second-order valence-electron chi connectivity index (χ2n) is 2.68. The summed E-state index contributed by atoms with van der Waals surface area (Å²) in [4.78, 5) is -0.264. The number of alkyl halides is 3. The molecule has 78 valence electrons. The lowest BCUT2D eigenvalue weighted by Gasteiger charge is -2.07. The minimum absolute atomic E-state index is 0.212. The molecule has 0 radical (unpaired) electrons. The van der Waals surface area contributed by atoms with E-state index in [-0.39, 0.29) is 10.5 Å². The molecule has 0 spiro atoms. The lowest BCUT2D eigenvalue weighted by molar-refractivity contribution is -0.127. The van der Waals surface area contributed by atoms with E-state index in [1.807, 2.05) is 0 Å². The number of rotatable bonds is 2. The Hall–Kier alpha value is -1.04. The summed E-state index contributed by atoms with van der Waals surface area (Å²) in [5.74, 6) is 0. The zero-order valence-corrected chi connectivity index (χ0v) is 7.81. The van der Waals surface area contributed by atoms with Gasteiger partial charge in [0.1, 0.15) is 0 Å². The maximum atomic E-state index is 12.0. The zero-order valence-electron chi connectivity index (χ0n) is 6.91. The fourth-order valence-electron chi connectivity index (χ4n) is 1.05. The summed E-state index contributed by atoms with van der Waals surface area (Å²) in [6.07, 6.45) is -5.60. The van der Waals surface area contributed by atoms with Crippen molar-refractivity contribution in [2.45, 2.75) is 17.5 Å². The summed E-state index contributed by atoms with van der Waals surface area (Å²) in [7, 11) is -2.97. The van der Waals surface area contributed by atoms with Crippen molar-refractivity contribution < 1.29 is 21.6 Å². The van der Waals surface area contributed by atoms with E-state index in [9.17, 15) is 21.6 Å². The van der Waals surface area contributed by atoms with Crippen molar-refractivity contribution in [3.8, 4) is 0 Å². The summed E-state index contributed by atoms with van der Waals surface area (Å²) in [5.41, 5.74) is -0.212. The van der Waals surface area contributed by atoms with E-state index in [4.69, 9.17) is 0 Å². The van der Waals surface area contributed by atoms with Gasteiger partial charge in [-0.1, -0.05) is 18.2 Å². The lowest BCUT2D eigenvalue weighted by Crippen LogP contribution is -2.12. The molecule has 1 aromatic carbocycles. The Morgan fingerprint density at radius 1 is 1.14 bits per heavy atom. The second kappa shape index (κ2) is 4.00. The smallest absolute Gasteiger partial charge is 0.227 e. The van der Waals surface area contributed by atoms with Crippen molar-refractivity contribution >= 4 is 10.7 Å². The Kier molecular flexibility index (Phi) is 3.15. The Bertz CT molecular complexity index is 388. The molecule has 1 rings (SSSR count). The van der Waals surface area contributed by atoms with Crippen LogP contribution in [-0.2, 0) is 17.1 Å². The Balaban J connectivity index is 3.08. The molecule has 0 N–H and O–H groups in total. The molecule has 0 aliphatic heterocycles. The zero-order chi connectivity index (χ0) is 10.8. The van der Waals surface area contributed by atoms with Gasteiger partial charge in [-0.3, -0.25) is 0 Å². The summed E-state index contributed by atoms with van der Waals surface area (Å²) >= 11 is 0. The van der Waals surface area contributed by atoms with Gasteiger partial charge in [-0.2, -0.15) is 13.2 Å². The van der Waals surface area contributed by atoms with Gasteiger partial charge in [0.05, 0.1) is 11.3 Å². The van der Waals surface area contributed by atoms with Gasteiger partial charge in [0, 0.05) is 0 Å². The highest BCUT2D eigenvalue weighted by atomic mass is 32.2. The highest BCUT2D eigenvalue weighted by molar-refractivity contribution is 7.72. The Morgan fingerprint density at radius 3 is 2.21 bits per heavy atom. The van der Waals surface area contributed by atoms with E-state index >= 15 is 0 Å². The van der Waals surface area contributed by atoms with Gasteiger partial charge in [0.15, 0.2) is 10.7 Å². The van der Waals surface area contributed by atoms with Gasteiger partial charge in [-0.05, 0) is 11.6 Å². The summed E-state index contributed by atoms with van der Waals surface area (Å²) in [6, 6.07) is 5.09. The van der Waals surface area contributed by atoms with Crippen molar-refractivity contribution in [2.75, 3.05) is 0 Å².